The summed E-state index contributed by atoms with van der Waals surface area (Å²) in [5, 5.41) is 0. The zero-order valence-corrected chi connectivity index (χ0v) is 8.45. The van der Waals surface area contributed by atoms with Crippen molar-refractivity contribution in [3.05, 3.63) is 0 Å². The summed E-state index contributed by atoms with van der Waals surface area (Å²) in [4.78, 5) is 4.49. The number of hydrogen-bond donors (Lipinski definition) is 1. The number of likely N-dealkylation sites (tertiary alicyclic amines) is 1. The van der Waals surface area contributed by atoms with Gasteiger partial charge in [-0.15, -0.1) is 0 Å². The molecule has 0 aromatic heterocycles. The highest BCUT2D eigenvalue weighted by Crippen LogP contribution is 2.18. The molecule has 3 heteroatoms. The summed E-state index contributed by atoms with van der Waals surface area (Å²) in [6.07, 6.45) is 2.81. The maximum atomic E-state index is 6.05. The number of piperidine rings is 1. The maximum Gasteiger partial charge on any atom is 0.0608 e. The largest absolute Gasteiger partial charge is 0.315 e. The summed E-state index contributed by atoms with van der Waals surface area (Å²) < 4.78 is 0. The summed E-state index contributed by atoms with van der Waals surface area (Å²) in [5.74, 6) is 0.652. The summed E-state index contributed by atoms with van der Waals surface area (Å²) >= 11 is 0. The molecule has 1 rings (SSSR count). The van der Waals surface area contributed by atoms with E-state index in [4.69, 9.17) is 5.73 Å². The van der Waals surface area contributed by atoms with Crippen molar-refractivity contribution in [2.45, 2.75) is 19.0 Å². The molecule has 72 valence electrons. The van der Waals surface area contributed by atoms with E-state index >= 15 is 0 Å². The number of hydrogen-bond acceptors (Lipinski definition) is 3. The predicted octanol–water partition coefficient (Wildman–Crippen LogP) is 0.175. The summed E-state index contributed by atoms with van der Waals surface area (Å²) in [5.41, 5.74) is 6.05. The first-order valence-corrected chi connectivity index (χ1v) is 4.72. The summed E-state index contributed by atoms with van der Waals surface area (Å²) in [7, 11) is 6.28. The Morgan fingerprint density at radius 2 is 2.17 bits per heavy atom. The monoisotopic (exact) mass is 171 g/mol. The fourth-order valence-electron chi connectivity index (χ4n) is 1.91. The minimum atomic E-state index is 0.229. The van der Waals surface area contributed by atoms with Crippen LogP contribution in [0, 0.1) is 5.92 Å². The zero-order chi connectivity index (χ0) is 9.14. The van der Waals surface area contributed by atoms with E-state index in [-0.39, 0.29) is 6.17 Å². The van der Waals surface area contributed by atoms with Crippen LogP contribution in [-0.4, -0.2) is 50.2 Å². The molecule has 1 fully saturated rings. The molecule has 1 heterocycles. The highest BCUT2D eigenvalue weighted by molar-refractivity contribution is 4.77. The fraction of sp³-hybridized carbons (Fsp3) is 1.00. The van der Waals surface area contributed by atoms with Gasteiger partial charge in [-0.25, -0.2) is 0 Å². The number of rotatable bonds is 2. The molecular weight excluding hydrogens is 150 g/mol. The molecule has 1 aliphatic heterocycles. The lowest BCUT2D eigenvalue weighted by molar-refractivity contribution is 0.125. The number of nitrogens with two attached hydrogens (primary N) is 1. The molecule has 2 N–H and O–H groups in total. The van der Waals surface area contributed by atoms with Gasteiger partial charge in [0, 0.05) is 12.5 Å². The molecular formula is C9H21N3. The zero-order valence-electron chi connectivity index (χ0n) is 8.45. The Morgan fingerprint density at radius 3 is 2.67 bits per heavy atom. The van der Waals surface area contributed by atoms with Crippen LogP contribution in [0.15, 0.2) is 0 Å². The maximum absolute atomic E-state index is 6.05. The van der Waals surface area contributed by atoms with Gasteiger partial charge in [-0.2, -0.15) is 0 Å². The first-order chi connectivity index (χ1) is 5.61. The third kappa shape index (κ3) is 2.44. The third-order valence-corrected chi connectivity index (χ3v) is 2.74. The molecule has 0 aromatic carbocycles. The van der Waals surface area contributed by atoms with Gasteiger partial charge in [-0.05, 0) is 40.5 Å². The van der Waals surface area contributed by atoms with Crippen molar-refractivity contribution in [2.24, 2.45) is 11.7 Å². The average Bonchev–Trinajstić information content (AvgIpc) is 2.03. The van der Waals surface area contributed by atoms with Crippen molar-refractivity contribution in [1.29, 1.82) is 0 Å². The standard InChI is InChI=1S/C9H21N3/c1-11(2)9(10)8-5-4-6-12(3)7-8/h8-9H,4-7,10H2,1-3H3. The van der Waals surface area contributed by atoms with Gasteiger partial charge in [0.05, 0.1) is 6.17 Å². The lowest BCUT2D eigenvalue weighted by atomic mass is 9.95. The molecule has 0 aromatic rings. The molecule has 1 aliphatic rings. The molecule has 2 atom stereocenters. The molecule has 0 aliphatic carbocycles. The van der Waals surface area contributed by atoms with Crippen molar-refractivity contribution in [1.82, 2.24) is 9.80 Å². The van der Waals surface area contributed by atoms with Gasteiger partial charge in [0.2, 0.25) is 0 Å². The minimum absolute atomic E-state index is 0.229. The quantitative estimate of drug-likeness (QED) is 0.601. The van der Waals surface area contributed by atoms with Crippen LogP contribution in [0.3, 0.4) is 0 Å². The van der Waals surface area contributed by atoms with E-state index in [1.54, 1.807) is 0 Å². The highest BCUT2D eigenvalue weighted by Gasteiger charge is 2.23. The van der Waals surface area contributed by atoms with E-state index in [2.05, 4.69) is 30.9 Å². The topological polar surface area (TPSA) is 32.5 Å². The van der Waals surface area contributed by atoms with Gasteiger partial charge in [-0.3, -0.25) is 4.90 Å². The van der Waals surface area contributed by atoms with Crippen molar-refractivity contribution < 1.29 is 0 Å². The van der Waals surface area contributed by atoms with Crippen molar-refractivity contribution >= 4 is 0 Å². The second kappa shape index (κ2) is 4.21. The summed E-state index contributed by atoms with van der Waals surface area (Å²) in [6, 6.07) is 0. The van der Waals surface area contributed by atoms with E-state index in [1.165, 1.54) is 19.4 Å². The highest BCUT2D eigenvalue weighted by atomic mass is 15.2. The normalized spacial score (nSPS) is 29.2. The smallest absolute Gasteiger partial charge is 0.0608 e. The Balaban J connectivity index is 2.40. The van der Waals surface area contributed by atoms with Crippen molar-refractivity contribution in [3.63, 3.8) is 0 Å². The van der Waals surface area contributed by atoms with E-state index in [9.17, 15) is 0 Å². The Kier molecular flexibility index (Phi) is 3.50. The minimum Gasteiger partial charge on any atom is -0.315 e. The van der Waals surface area contributed by atoms with Gasteiger partial charge in [0.15, 0.2) is 0 Å². The fourth-order valence-corrected chi connectivity index (χ4v) is 1.91. The average molecular weight is 171 g/mol. The van der Waals surface area contributed by atoms with E-state index in [0.717, 1.165) is 6.54 Å². The van der Waals surface area contributed by atoms with E-state index in [0.29, 0.717) is 5.92 Å². The molecule has 0 saturated carbocycles. The van der Waals surface area contributed by atoms with Gasteiger partial charge < -0.3 is 10.6 Å². The lowest BCUT2D eigenvalue weighted by Crippen LogP contribution is -2.48. The Labute approximate surface area is 75.5 Å². The van der Waals surface area contributed by atoms with Gasteiger partial charge in [-0.1, -0.05) is 0 Å². The first-order valence-electron chi connectivity index (χ1n) is 4.72. The van der Waals surface area contributed by atoms with Gasteiger partial charge >= 0.3 is 0 Å². The molecule has 12 heavy (non-hydrogen) atoms. The van der Waals surface area contributed by atoms with Crippen LogP contribution in [-0.2, 0) is 0 Å². The first kappa shape index (κ1) is 9.96. The van der Waals surface area contributed by atoms with Gasteiger partial charge in [0.25, 0.3) is 0 Å². The third-order valence-electron chi connectivity index (χ3n) is 2.74. The Hall–Kier alpha value is -0.120. The van der Waals surface area contributed by atoms with Crippen LogP contribution < -0.4 is 5.73 Å². The van der Waals surface area contributed by atoms with E-state index in [1.807, 2.05) is 0 Å². The van der Waals surface area contributed by atoms with Crippen molar-refractivity contribution in [2.75, 3.05) is 34.2 Å². The Morgan fingerprint density at radius 1 is 1.50 bits per heavy atom. The van der Waals surface area contributed by atoms with E-state index < -0.39 is 0 Å². The molecule has 2 unspecified atom stereocenters. The molecule has 0 radical (unpaired) electrons. The van der Waals surface area contributed by atoms with Crippen LogP contribution >= 0.6 is 0 Å². The Bertz CT molecular complexity index is 136. The molecule has 0 amide bonds. The van der Waals surface area contributed by atoms with Crippen LogP contribution in [0.1, 0.15) is 12.8 Å². The molecule has 1 saturated heterocycles. The predicted molar refractivity (Wildman–Crippen MR) is 51.9 cm³/mol. The molecule has 0 spiro atoms. The van der Waals surface area contributed by atoms with Crippen LogP contribution in [0.25, 0.3) is 0 Å². The SMILES string of the molecule is CN1CCCC(C(N)N(C)C)C1. The second-order valence-corrected chi connectivity index (χ2v) is 4.12. The molecule has 0 bridgehead atoms. The lowest BCUT2D eigenvalue weighted by Gasteiger charge is -2.36. The van der Waals surface area contributed by atoms with Crippen LogP contribution in [0.5, 0.6) is 0 Å². The number of nitrogens with zero attached hydrogens (tertiary/aromatic N) is 2. The van der Waals surface area contributed by atoms with Gasteiger partial charge in [0.1, 0.15) is 0 Å². The van der Waals surface area contributed by atoms with Crippen LogP contribution in [0.2, 0.25) is 0 Å². The molecule has 3 nitrogen and oxygen atoms in total. The van der Waals surface area contributed by atoms with Crippen molar-refractivity contribution in [3.8, 4) is 0 Å². The summed E-state index contributed by atoms with van der Waals surface area (Å²) in [6.45, 7) is 2.38. The van der Waals surface area contributed by atoms with Crippen LogP contribution in [0.4, 0.5) is 0 Å². The second-order valence-electron chi connectivity index (χ2n) is 4.12.